The molecule has 0 aliphatic heterocycles. The van der Waals surface area contributed by atoms with Crippen LogP contribution in [0.15, 0.2) is 42.5 Å². The van der Waals surface area contributed by atoms with Crippen LogP contribution < -0.4 is 30.6 Å². The standard InChI is InChI=1S/C21H23N3O8/c1-12(19(26)24-21(22)28)32-20(27)13-8-9-16(17(10-13)30-3)31-11-18(25)23-14-6-4-5-7-15(14)29-2/h4-10,12H,11H2,1-3H3,(H,23,25)(H3,22,24,26,28). The van der Waals surface area contributed by atoms with Crippen molar-refractivity contribution in [2.75, 3.05) is 26.1 Å². The summed E-state index contributed by atoms with van der Waals surface area (Å²) in [4.78, 5) is 46.8. The lowest BCUT2D eigenvalue weighted by molar-refractivity contribution is -0.127. The number of amides is 4. The van der Waals surface area contributed by atoms with Gasteiger partial charge in [0.25, 0.3) is 11.8 Å². The number of nitrogens with two attached hydrogens (primary N) is 1. The molecule has 11 heteroatoms. The van der Waals surface area contributed by atoms with Crippen LogP contribution in [-0.2, 0) is 14.3 Å². The van der Waals surface area contributed by atoms with E-state index in [-0.39, 0.29) is 23.7 Å². The van der Waals surface area contributed by atoms with Gasteiger partial charge < -0.3 is 30.0 Å². The van der Waals surface area contributed by atoms with Crippen LogP contribution in [0.25, 0.3) is 0 Å². The molecule has 4 N–H and O–H groups in total. The summed E-state index contributed by atoms with van der Waals surface area (Å²) in [6.07, 6.45) is -1.25. The molecule has 0 aliphatic carbocycles. The molecule has 2 rings (SSSR count). The van der Waals surface area contributed by atoms with Crippen molar-refractivity contribution in [3.05, 3.63) is 48.0 Å². The molecule has 1 atom stereocenters. The molecule has 0 aliphatic rings. The summed E-state index contributed by atoms with van der Waals surface area (Å²) in [6.45, 7) is 0.952. The van der Waals surface area contributed by atoms with E-state index in [1.807, 2.05) is 5.32 Å². The van der Waals surface area contributed by atoms with Gasteiger partial charge in [-0.3, -0.25) is 14.9 Å². The summed E-state index contributed by atoms with van der Waals surface area (Å²) < 4.78 is 20.9. The SMILES string of the molecule is COc1ccccc1NC(=O)COc1ccc(C(=O)OC(C)C(=O)NC(N)=O)cc1OC. The zero-order chi connectivity index (χ0) is 23.7. The van der Waals surface area contributed by atoms with E-state index in [1.165, 1.54) is 39.3 Å². The molecule has 2 aromatic carbocycles. The predicted octanol–water partition coefficient (Wildman–Crippen LogP) is 1.46. The van der Waals surface area contributed by atoms with Gasteiger partial charge in [-0.1, -0.05) is 12.1 Å². The number of urea groups is 1. The number of hydrogen-bond acceptors (Lipinski definition) is 8. The molecular formula is C21H23N3O8. The number of esters is 1. The molecule has 0 saturated carbocycles. The van der Waals surface area contributed by atoms with Crippen LogP contribution in [0.2, 0.25) is 0 Å². The lowest BCUT2D eigenvalue weighted by Crippen LogP contribution is -2.42. The molecule has 32 heavy (non-hydrogen) atoms. The maximum Gasteiger partial charge on any atom is 0.339 e. The van der Waals surface area contributed by atoms with Crippen molar-refractivity contribution in [2.24, 2.45) is 5.73 Å². The van der Waals surface area contributed by atoms with Crippen molar-refractivity contribution in [3.63, 3.8) is 0 Å². The highest BCUT2D eigenvalue weighted by Crippen LogP contribution is 2.29. The number of para-hydroxylation sites is 2. The number of ether oxygens (including phenoxy) is 4. The number of carbonyl (C=O) groups is 4. The summed E-state index contributed by atoms with van der Waals surface area (Å²) in [5.41, 5.74) is 5.41. The molecule has 11 nitrogen and oxygen atoms in total. The third kappa shape index (κ3) is 6.62. The zero-order valence-electron chi connectivity index (χ0n) is 17.7. The lowest BCUT2D eigenvalue weighted by atomic mass is 10.2. The quantitative estimate of drug-likeness (QED) is 0.490. The fourth-order valence-electron chi connectivity index (χ4n) is 2.50. The van der Waals surface area contributed by atoms with Gasteiger partial charge in [-0.25, -0.2) is 9.59 Å². The smallest absolute Gasteiger partial charge is 0.339 e. The van der Waals surface area contributed by atoms with E-state index in [1.54, 1.807) is 24.3 Å². The molecule has 170 valence electrons. The van der Waals surface area contributed by atoms with Crippen LogP contribution in [-0.4, -0.2) is 50.7 Å². The first-order valence-corrected chi connectivity index (χ1v) is 9.30. The first-order valence-electron chi connectivity index (χ1n) is 9.30. The molecule has 2 aromatic rings. The number of methoxy groups -OCH3 is 2. The molecule has 0 saturated heterocycles. The minimum atomic E-state index is -1.25. The molecule has 0 fully saturated rings. The van der Waals surface area contributed by atoms with Gasteiger partial charge in [0.2, 0.25) is 0 Å². The van der Waals surface area contributed by atoms with Crippen LogP contribution in [0, 0.1) is 0 Å². The first-order chi connectivity index (χ1) is 15.2. The Hall–Kier alpha value is -4.28. The third-order valence-corrected chi connectivity index (χ3v) is 4.04. The number of anilines is 1. The first kappa shape index (κ1) is 24.0. The van der Waals surface area contributed by atoms with E-state index in [0.717, 1.165) is 0 Å². The second-order valence-electron chi connectivity index (χ2n) is 6.30. The zero-order valence-corrected chi connectivity index (χ0v) is 17.7. The summed E-state index contributed by atoms with van der Waals surface area (Å²) in [5, 5.41) is 4.48. The molecule has 0 spiro atoms. The Morgan fingerprint density at radius 1 is 0.969 bits per heavy atom. The van der Waals surface area contributed by atoms with Crippen molar-refractivity contribution in [1.82, 2.24) is 5.32 Å². The van der Waals surface area contributed by atoms with Gasteiger partial charge in [-0.15, -0.1) is 0 Å². The summed E-state index contributed by atoms with van der Waals surface area (Å²) in [7, 11) is 2.85. The van der Waals surface area contributed by atoms with Gasteiger partial charge in [0.15, 0.2) is 24.2 Å². The number of nitrogens with one attached hydrogen (secondary N) is 2. The largest absolute Gasteiger partial charge is 0.495 e. The highest BCUT2D eigenvalue weighted by molar-refractivity contribution is 5.98. The van der Waals surface area contributed by atoms with Crippen LogP contribution in [0.1, 0.15) is 17.3 Å². The average Bonchev–Trinajstić information content (AvgIpc) is 2.77. The van der Waals surface area contributed by atoms with Crippen LogP contribution in [0.3, 0.4) is 0 Å². The number of benzene rings is 2. The molecule has 4 amide bonds. The predicted molar refractivity (Wildman–Crippen MR) is 113 cm³/mol. The van der Waals surface area contributed by atoms with Gasteiger partial charge in [-0.05, 0) is 37.3 Å². The highest BCUT2D eigenvalue weighted by Gasteiger charge is 2.21. The van der Waals surface area contributed by atoms with Crippen LogP contribution in [0.4, 0.5) is 10.5 Å². The number of imide groups is 1. The second kappa shape index (κ2) is 11.2. The van der Waals surface area contributed by atoms with E-state index < -0.39 is 29.9 Å². The van der Waals surface area contributed by atoms with Gasteiger partial charge >= 0.3 is 12.0 Å². The topological polar surface area (TPSA) is 155 Å². The highest BCUT2D eigenvalue weighted by atomic mass is 16.5. The van der Waals surface area contributed by atoms with Crippen molar-refractivity contribution in [2.45, 2.75) is 13.0 Å². The van der Waals surface area contributed by atoms with E-state index in [2.05, 4.69) is 5.32 Å². The maximum absolute atomic E-state index is 12.3. The van der Waals surface area contributed by atoms with E-state index >= 15 is 0 Å². The molecule has 0 heterocycles. The van der Waals surface area contributed by atoms with Crippen molar-refractivity contribution in [3.8, 4) is 17.2 Å². The number of carbonyl (C=O) groups excluding carboxylic acids is 4. The molecule has 1 unspecified atom stereocenters. The summed E-state index contributed by atoms with van der Waals surface area (Å²) >= 11 is 0. The van der Waals surface area contributed by atoms with E-state index in [4.69, 9.17) is 24.7 Å². The maximum atomic E-state index is 12.3. The van der Waals surface area contributed by atoms with E-state index in [9.17, 15) is 19.2 Å². The van der Waals surface area contributed by atoms with Gasteiger partial charge in [0.05, 0.1) is 25.5 Å². The van der Waals surface area contributed by atoms with Gasteiger partial charge in [0, 0.05) is 0 Å². The molecule has 0 bridgehead atoms. The van der Waals surface area contributed by atoms with E-state index in [0.29, 0.717) is 11.4 Å². The fraction of sp³-hybridized carbons (Fsp3) is 0.238. The molecular weight excluding hydrogens is 422 g/mol. The summed E-state index contributed by atoms with van der Waals surface area (Å²) in [6, 6.07) is 9.96. The number of primary amides is 1. The van der Waals surface area contributed by atoms with Crippen LogP contribution in [0.5, 0.6) is 17.2 Å². The fourth-order valence-corrected chi connectivity index (χ4v) is 2.50. The Balaban J connectivity index is 2.00. The minimum Gasteiger partial charge on any atom is -0.495 e. The van der Waals surface area contributed by atoms with Crippen molar-refractivity contribution in [1.29, 1.82) is 0 Å². The van der Waals surface area contributed by atoms with Crippen molar-refractivity contribution < 1.29 is 38.1 Å². The Labute approximate surface area is 183 Å². The Morgan fingerprint density at radius 3 is 2.31 bits per heavy atom. The molecule has 0 aromatic heterocycles. The van der Waals surface area contributed by atoms with Gasteiger partial charge in [-0.2, -0.15) is 0 Å². The minimum absolute atomic E-state index is 0.0615. The lowest BCUT2D eigenvalue weighted by Gasteiger charge is -2.14. The normalized spacial score (nSPS) is 11.0. The Bertz CT molecular complexity index is 1010. The van der Waals surface area contributed by atoms with Gasteiger partial charge in [0.1, 0.15) is 5.75 Å². The van der Waals surface area contributed by atoms with Crippen LogP contribution >= 0.6 is 0 Å². The third-order valence-electron chi connectivity index (χ3n) is 4.04. The number of hydrogen-bond donors (Lipinski definition) is 3. The van der Waals surface area contributed by atoms with Crippen molar-refractivity contribution >= 4 is 29.5 Å². The Morgan fingerprint density at radius 2 is 1.66 bits per heavy atom. The average molecular weight is 445 g/mol. The summed E-state index contributed by atoms with van der Waals surface area (Å²) in [5.74, 6) is -1.26. The second-order valence-corrected chi connectivity index (χ2v) is 6.30. The Kier molecular flexibility index (Phi) is 8.40. The molecule has 0 radical (unpaired) electrons. The monoisotopic (exact) mass is 445 g/mol. The number of rotatable bonds is 9.